The van der Waals surface area contributed by atoms with Crippen LogP contribution in [0.5, 0.6) is 0 Å². The molecule has 3 N–H and O–H groups in total. The van der Waals surface area contributed by atoms with E-state index in [0.29, 0.717) is 11.3 Å². The molecule has 0 saturated heterocycles. The second-order valence-electron chi connectivity index (χ2n) is 2.80. The van der Waals surface area contributed by atoms with Crippen LogP contribution in [0.3, 0.4) is 0 Å². The molecule has 13 heavy (non-hydrogen) atoms. The average Bonchev–Trinajstić information content (AvgIpc) is 2.04. The predicted molar refractivity (Wildman–Crippen MR) is 52.1 cm³/mol. The lowest BCUT2D eigenvalue weighted by Crippen LogP contribution is -1.95. The summed E-state index contributed by atoms with van der Waals surface area (Å²) in [4.78, 5) is 10.5. The number of hydrogen-bond donors (Lipinski definition) is 2. The summed E-state index contributed by atoms with van der Waals surface area (Å²) < 4.78 is 0. The van der Waals surface area contributed by atoms with Crippen molar-refractivity contribution in [1.82, 2.24) is 0 Å². The molecule has 0 atom stereocenters. The average molecular weight is 177 g/mol. The van der Waals surface area contributed by atoms with Crippen molar-refractivity contribution in [3.63, 3.8) is 0 Å². The van der Waals surface area contributed by atoms with Gasteiger partial charge in [0.1, 0.15) is 0 Å². The van der Waals surface area contributed by atoms with Crippen molar-refractivity contribution in [3.05, 3.63) is 35.4 Å². The Kier molecular flexibility index (Phi) is 2.69. The van der Waals surface area contributed by atoms with Crippen molar-refractivity contribution in [3.8, 4) is 0 Å². The number of benzene rings is 1. The molecule has 0 aliphatic carbocycles. The summed E-state index contributed by atoms with van der Waals surface area (Å²) in [7, 11) is 0. The molecule has 0 unspecified atom stereocenters. The van der Waals surface area contributed by atoms with Crippen LogP contribution < -0.4 is 5.73 Å². The lowest BCUT2D eigenvalue weighted by atomic mass is 10.1. The highest BCUT2D eigenvalue weighted by atomic mass is 16.4. The van der Waals surface area contributed by atoms with Crippen molar-refractivity contribution in [1.29, 1.82) is 0 Å². The van der Waals surface area contributed by atoms with Crippen molar-refractivity contribution >= 4 is 17.7 Å². The lowest BCUT2D eigenvalue weighted by Gasteiger charge is -1.97. The van der Waals surface area contributed by atoms with Gasteiger partial charge in [0.15, 0.2) is 0 Å². The molecule has 3 heteroatoms. The van der Waals surface area contributed by atoms with Crippen LogP contribution in [0.4, 0.5) is 5.69 Å². The van der Waals surface area contributed by atoms with Gasteiger partial charge in [-0.2, -0.15) is 0 Å². The fourth-order valence-corrected chi connectivity index (χ4v) is 0.961. The van der Waals surface area contributed by atoms with Crippen LogP contribution in [-0.2, 0) is 4.79 Å². The maximum absolute atomic E-state index is 10.5. The molecule has 0 amide bonds. The molecule has 0 aliphatic rings. The molecular weight excluding hydrogens is 166 g/mol. The molecule has 3 nitrogen and oxygen atoms in total. The first kappa shape index (κ1) is 9.32. The van der Waals surface area contributed by atoms with Crippen LogP contribution in [-0.4, -0.2) is 11.1 Å². The third-order valence-corrected chi connectivity index (χ3v) is 1.63. The van der Waals surface area contributed by atoms with Gasteiger partial charge >= 0.3 is 5.97 Å². The summed E-state index contributed by atoms with van der Waals surface area (Å²) in [5.74, 6) is -0.914. The second kappa shape index (κ2) is 3.76. The zero-order valence-corrected chi connectivity index (χ0v) is 7.32. The molecule has 1 aromatic rings. The van der Waals surface area contributed by atoms with E-state index in [2.05, 4.69) is 0 Å². The number of nitrogens with two attached hydrogens (primary N) is 1. The Labute approximate surface area is 76.5 Å². The van der Waals surface area contributed by atoms with E-state index in [1.807, 2.05) is 6.07 Å². The zero-order valence-electron chi connectivity index (χ0n) is 7.32. The summed E-state index contributed by atoms with van der Waals surface area (Å²) >= 11 is 0. The van der Waals surface area contributed by atoms with E-state index < -0.39 is 5.97 Å². The first-order valence-corrected chi connectivity index (χ1v) is 3.87. The van der Waals surface area contributed by atoms with Gasteiger partial charge in [0.2, 0.25) is 0 Å². The maximum Gasteiger partial charge on any atom is 0.331 e. The van der Waals surface area contributed by atoms with Gasteiger partial charge < -0.3 is 10.8 Å². The number of aliphatic carboxylic acids is 1. The summed E-state index contributed by atoms with van der Waals surface area (Å²) in [6.45, 7) is 1.55. The maximum atomic E-state index is 10.5. The summed E-state index contributed by atoms with van der Waals surface area (Å²) in [6, 6.07) is 7.08. The van der Waals surface area contributed by atoms with Crippen molar-refractivity contribution in [2.45, 2.75) is 6.92 Å². The molecule has 1 aromatic carbocycles. The quantitative estimate of drug-likeness (QED) is 0.534. The molecule has 0 fully saturated rings. The van der Waals surface area contributed by atoms with E-state index in [4.69, 9.17) is 10.8 Å². The molecule has 0 radical (unpaired) electrons. The highest BCUT2D eigenvalue weighted by Gasteiger charge is 1.99. The van der Waals surface area contributed by atoms with Gasteiger partial charge in [0.05, 0.1) is 0 Å². The lowest BCUT2D eigenvalue weighted by molar-refractivity contribution is -0.132. The van der Waals surface area contributed by atoms with E-state index in [-0.39, 0.29) is 0 Å². The number of nitrogen functional groups attached to an aromatic ring is 1. The molecule has 68 valence electrons. The Hall–Kier alpha value is -1.77. The molecule has 0 aromatic heterocycles. The van der Waals surface area contributed by atoms with E-state index in [0.717, 1.165) is 5.56 Å². The van der Waals surface area contributed by atoms with Gasteiger partial charge in [0.25, 0.3) is 0 Å². The first-order valence-electron chi connectivity index (χ1n) is 3.87. The first-order chi connectivity index (χ1) is 6.09. The summed E-state index contributed by atoms with van der Waals surface area (Å²) in [6.07, 6.45) is 1.58. The van der Waals surface area contributed by atoms with E-state index in [1.165, 1.54) is 0 Å². The Morgan fingerprint density at radius 1 is 1.54 bits per heavy atom. The van der Waals surface area contributed by atoms with Crippen LogP contribution in [0.1, 0.15) is 12.5 Å². The van der Waals surface area contributed by atoms with Crippen LogP contribution in [0.25, 0.3) is 6.08 Å². The molecule has 0 heterocycles. The summed E-state index contributed by atoms with van der Waals surface area (Å²) in [5, 5.41) is 8.61. The molecule has 0 saturated carbocycles. The van der Waals surface area contributed by atoms with Crippen molar-refractivity contribution in [2.75, 3.05) is 5.73 Å². The Balaban J connectivity index is 2.97. The minimum absolute atomic E-state index is 0.297. The fourth-order valence-electron chi connectivity index (χ4n) is 0.961. The molecule has 0 spiro atoms. The monoisotopic (exact) mass is 177 g/mol. The van der Waals surface area contributed by atoms with Crippen molar-refractivity contribution < 1.29 is 9.90 Å². The molecular formula is C10H11NO2. The zero-order chi connectivity index (χ0) is 9.84. The smallest absolute Gasteiger partial charge is 0.331 e. The predicted octanol–water partition coefficient (Wildman–Crippen LogP) is 1.76. The van der Waals surface area contributed by atoms with Gasteiger partial charge in [-0.1, -0.05) is 12.1 Å². The van der Waals surface area contributed by atoms with Crippen LogP contribution >= 0.6 is 0 Å². The van der Waals surface area contributed by atoms with Crippen LogP contribution in [0.15, 0.2) is 29.8 Å². The van der Waals surface area contributed by atoms with E-state index in [9.17, 15) is 4.79 Å². The van der Waals surface area contributed by atoms with Gasteiger partial charge in [0, 0.05) is 11.3 Å². The number of carbonyl (C=O) groups is 1. The summed E-state index contributed by atoms with van der Waals surface area (Å²) in [5.41, 5.74) is 7.27. The van der Waals surface area contributed by atoms with E-state index in [1.54, 1.807) is 31.2 Å². The minimum Gasteiger partial charge on any atom is -0.478 e. The standard InChI is InChI=1S/C10H11NO2/c1-7(10(12)13)5-8-3-2-4-9(11)6-8/h2-6H,11H2,1H3,(H,12,13). The van der Waals surface area contributed by atoms with Crippen LogP contribution in [0.2, 0.25) is 0 Å². The fraction of sp³-hybridized carbons (Fsp3) is 0.100. The highest BCUT2D eigenvalue weighted by molar-refractivity contribution is 5.91. The highest BCUT2D eigenvalue weighted by Crippen LogP contribution is 2.10. The third kappa shape index (κ3) is 2.63. The van der Waals surface area contributed by atoms with Crippen molar-refractivity contribution in [2.24, 2.45) is 0 Å². The molecule has 1 rings (SSSR count). The number of hydrogen-bond acceptors (Lipinski definition) is 2. The van der Waals surface area contributed by atoms with E-state index >= 15 is 0 Å². The SMILES string of the molecule is CC(=Cc1cccc(N)c1)C(=O)O. The van der Waals surface area contributed by atoms with Gasteiger partial charge in [-0.25, -0.2) is 4.79 Å². The third-order valence-electron chi connectivity index (χ3n) is 1.63. The number of carboxylic acid groups (broad SMARTS) is 1. The topological polar surface area (TPSA) is 63.3 Å². The normalized spacial score (nSPS) is 11.3. The molecule has 0 bridgehead atoms. The van der Waals surface area contributed by atoms with Gasteiger partial charge in [-0.05, 0) is 30.7 Å². The number of rotatable bonds is 2. The molecule has 0 aliphatic heterocycles. The Morgan fingerprint density at radius 2 is 2.23 bits per heavy atom. The largest absolute Gasteiger partial charge is 0.478 e. The minimum atomic E-state index is -0.914. The Morgan fingerprint density at radius 3 is 2.77 bits per heavy atom. The Bertz CT molecular complexity index is 356. The van der Waals surface area contributed by atoms with Crippen LogP contribution in [0, 0.1) is 0 Å². The second-order valence-corrected chi connectivity index (χ2v) is 2.80. The number of carboxylic acids is 1. The van der Waals surface area contributed by atoms with Gasteiger partial charge in [-0.3, -0.25) is 0 Å². The number of anilines is 1. The van der Waals surface area contributed by atoms with Gasteiger partial charge in [-0.15, -0.1) is 0 Å².